The van der Waals surface area contributed by atoms with Crippen molar-refractivity contribution in [2.45, 2.75) is 33.6 Å². The van der Waals surface area contributed by atoms with Crippen LogP contribution in [0.3, 0.4) is 0 Å². The smallest absolute Gasteiger partial charge is 0.232 e. The summed E-state index contributed by atoms with van der Waals surface area (Å²) < 4.78 is 7.42. The number of aryl methyl sites for hydroxylation is 2. The fraction of sp³-hybridized carbons (Fsp3) is 0.280. The molecule has 0 saturated carbocycles. The number of rotatable bonds is 5. The van der Waals surface area contributed by atoms with E-state index in [0.717, 1.165) is 29.4 Å². The van der Waals surface area contributed by atoms with Gasteiger partial charge in [0.25, 0.3) is 0 Å². The van der Waals surface area contributed by atoms with Crippen LogP contribution >= 0.6 is 0 Å². The molecule has 2 aromatic heterocycles. The molecule has 4 nitrogen and oxygen atoms in total. The fourth-order valence-corrected chi connectivity index (χ4v) is 3.24. The number of pyridine rings is 1. The van der Waals surface area contributed by atoms with Gasteiger partial charge in [0.1, 0.15) is 0 Å². The van der Waals surface area contributed by atoms with Crippen molar-refractivity contribution in [2.75, 3.05) is 6.61 Å². The second-order valence-corrected chi connectivity index (χ2v) is 6.79. The van der Waals surface area contributed by atoms with E-state index in [2.05, 4.69) is 66.7 Å². The molecule has 0 radical (unpaired) electrons. The van der Waals surface area contributed by atoms with Crippen molar-refractivity contribution < 1.29 is 4.74 Å². The Balaban J connectivity index is 0.00000117. The fourth-order valence-electron chi connectivity index (χ4n) is 3.24. The summed E-state index contributed by atoms with van der Waals surface area (Å²) in [4.78, 5) is 4.91. The number of ether oxygens (including phenoxy) is 1. The Bertz CT molecular complexity index is 1090. The van der Waals surface area contributed by atoms with E-state index in [-0.39, 0.29) is 0 Å². The Labute approximate surface area is 172 Å². The lowest BCUT2D eigenvalue weighted by Gasteiger charge is -2.08. The molecule has 2 heterocycles. The highest BCUT2D eigenvalue weighted by Crippen LogP contribution is 2.20. The van der Waals surface area contributed by atoms with Gasteiger partial charge in [0.05, 0.1) is 17.6 Å². The van der Waals surface area contributed by atoms with Crippen LogP contribution in [-0.4, -0.2) is 21.4 Å². The van der Waals surface area contributed by atoms with Crippen LogP contribution in [0.4, 0.5) is 0 Å². The standard InChI is InChI=1S/C23H23N3O.C2H6/c1-17-16-20-6-4-3-5-7-21(20)24-23(17)19-10-8-18(9-11-19)13-15-27-22-12-14-26(2)25-22;1-2/h3-4,6-12,14,16H,5,13,15H2,1-2H3;1-2H3. The minimum Gasteiger partial charge on any atom is -0.476 e. The van der Waals surface area contributed by atoms with Crippen molar-refractivity contribution in [1.82, 2.24) is 14.8 Å². The van der Waals surface area contributed by atoms with Crippen molar-refractivity contribution in [1.29, 1.82) is 0 Å². The van der Waals surface area contributed by atoms with Gasteiger partial charge in [-0.1, -0.05) is 62.4 Å². The van der Waals surface area contributed by atoms with Crippen LogP contribution < -0.4 is 15.3 Å². The van der Waals surface area contributed by atoms with Gasteiger partial charge in [-0.2, -0.15) is 0 Å². The summed E-state index contributed by atoms with van der Waals surface area (Å²) in [6, 6.07) is 12.7. The second kappa shape index (κ2) is 9.87. The van der Waals surface area contributed by atoms with Gasteiger partial charge < -0.3 is 4.74 Å². The Morgan fingerprint density at radius 1 is 1.10 bits per heavy atom. The number of hydrogen-bond donors (Lipinski definition) is 0. The monoisotopic (exact) mass is 387 g/mol. The number of fused-ring (bicyclic) bond motifs is 1. The maximum Gasteiger partial charge on any atom is 0.232 e. The number of nitrogens with zero attached hydrogens (tertiary/aromatic N) is 3. The predicted molar refractivity (Wildman–Crippen MR) is 120 cm³/mol. The van der Waals surface area contributed by atoms with E-state index < -0.39 is 0 Å². The molecule has 29 heavy (non-hydrogen) atoms. The molecule has 0 N–H and O–H groups in total. The SMILES string of the molecule is CC.Cc1cc2c(nc1-c1ccc(CCOc3ccn(C)n3)cc1)=CCC=CC=2. The van der Waals surface area contributed by atoms with E-state index in [0.29, 0.717) is 12.5 Å². The molecule has 3 aromatic rings. The third-order valence-electron chi connectivity index (χ3n) is 4.69. The molecule has 0 aliphatic heterocycles. The molecular weight excluding hydrogens is 358 g/mol. The number of aromatic nitrogens is 3. The molecule has 1 aliphatic rings. The quantitative estimate of drug-likeness (QED) is 0.665. The van der Waals surface area contributed by atoms with E-state index in [1.54, 1.807) is 4.68 Å². The van der Waals surface area contributed by atoms with Gasteiger partial charge in [-0.3, -0.25) is 4.68 Å². The molecule has 0 atom stereocenters. The van der Waals surface area contributed by atoms with Crippen LogP contribution in [0.15, 0.2) is 54.7 Å². The molecule has 150 valence electrons. The third kappa shape index (κ3) is 5.23. The summed E-state index contributed by atoms with van der Waals surface area (Å²) in [6.45, 7) is 6.74. The van der Waals surface area contributed by atoms with Crippen LogP contribution in [-0.2, 0) is 13.5 Å². The average molecular weight is 388 g/mol. The Hall–Kier alpha value is -3.14. The molecule has 0 unspecified atom stereocenters. The summed E-state index contributed by atoms with van der Waals surface area (Å²) in [6.07, 6.45) is 12.2. The van der Waals surface area contributed by atoms with E-state index in [9.17, 15) is 0 Å². The summed E-state index contributed by atoms with van der Waals surface area (Å²) >= 11 is 0. The van der Waals surface area contributed by atoms with Crippen molar-refractivity contribution >= 4 is 12.2 Å². The van der Waals surface area contributed by atoms with Crippen molar-refractivity contribution in [3.05, 3.63) is 76.4 Å². The van der Waals surface area contributed by atoms with E-state index in [4.69, 9.17) is 9.72 Å². The largest absolute Gasteiger partial charge is 0.476 e. The predicted octanol–water partition coefficient (Wildman–Crippen LogP) is 3.96. The molecular formula is C25H29N3O. The number of hydrogen-bond acceptors (Lipinski definition) is 3. The maximum absolute atomic E-state index is 5.68. The lowest BCUT2D eigenvalue weighted by Crippen LogP contribution is -2.28. The molecule has 0 saturated heterocycles. The average Bonchev–Trinajstić information content (AvgIpc) is 3.02. The maximum atomic E-state index is 5.68. The minimum atomic E-state index is 0.615. The summed E-state index contributed by atoms with van der Waals surface area (Å²) in [5.41, 5.74) is 4.64. The van der Waals surface area contributed by atoms with Gasteiger partial charge in [-0.25, -0.2) is 4.98 Å². The van der Waals surface area contributed by atoms with E-state index >= 15 is 0 Å². The van der Waals surface area contributed by atoms with Crippen LogP contribution in [0, 0.1) is 6.92 Å². The molecule has 0 amide bonds. The topological polar surface area (TPSA) is 39.9 Å². The van der Waals surface area contributed by atoms with Gasteiger partial charge in [-0.05, 0) is 30.5 Å². The highest BCUT2D eigenvalue weighted by Gasteiger charge is 2.06. The number of benzene rings is 1. The Morgan fingerprint density at radius 3 is 2.62 bits per heavy atom. The van der Waals surface area contributed by atoms with Gasteiger partial charge in [-0.15, -0.1) is 5.10 Å². The summed E-state index contributed by atoms with van der Waals surface area (Å²) in [5, 5.41) is 6.47. The molecule has 4 rings (SSSR count). The van der Waals surface area contributed by atoms with E-state index in [1.807, 2.05) is 33.2 Å². The molecule has 0 bridgehead atoms. The van der Waals surface area contributed by atoms with Crippen LogP contribution in [0.2, 0.25) is 0 Å². The second-order valence-electron chi connectivity index (χ2n) is 6.79. The molecule has 1 aliphatic carbocycles. The van der Waals surface area contributed by atoms with Crippen LogP contribution in [0.5, 0.6) is 5.88 Å². The first-order valence-electron chi connectivity index (χ1n) is 10.3. The minimum absolute atomic E-state index is 0.615. The Morgan fingerprint density at radius 2 is 1.90 bits per heavy atom. The zero-order valence-electron chi connectivity index (χ0n) is 17.7. The first kappa shape index (κ1) is 20.6. The first-order valence-corrected chi connectivity index (χ1v) is 10.3. The first-order chi connectivity index (χ1) is 14.2. The van der Waals surface area contributed by atoms with Crippen molar-refractivity contribution in [3.8, 4) is 17.1 Å². The van der Waals surface area contributed by atoms with Crippen molar-refractivity contribution in [2.24, 2.45) is 7.05 Å². The lowest BCUT2D eigenvalue weighted by molar-refractivity contribution is 0.306. The zero-order chi connectivity index (χ0) is 20.6. The van der Waals surface area contributed by atoms with Gasteiger partial charge in [0.2, 0.25) is 5.88 Å². The van der Waals surface area contributed by atoms with Crippen molar-refractivity contribution in [3.63, 3.8) is 0 Å². The van der Waals surface area contributed by atoms with E-state index in [1.165, 1.54) is 16.3 Å². The lowest BCUT2D eigenvalue weighted by atomic mass is 10.0. The highest BCUT2D eigenvalue weighted by atomic mass is 16.5. The zero-order valence-corrected chi connectivity index (χ0v) is 17.7. The summed E-state index contributed by atoms with van der Waals surface area (Å²) in [7, 11) is 1.89. The third-order valence-corrected chi connectivity index (χ3v) is 4.69. The molecule has 4 heteroatoms. The van der Waals surface area contributed by atoms with Gasteiger partial charge in [0, 0.05) is 36.5 Å². The Kier molecular flexibility index (Phi) is 7.01. The normalized spacial score (nSPS) is 12.0. The highest BCUT2D eigenvalue weighted by molar-refractivity contribution is 5.64. The van der Waals surface area contributed by atoms with Gasteiger partial charge in [0.15, 0.2) is 0 Å². The summed E-state index contributed by atoms with van der Waals surface area (Å²) in [5.74, 6) is 0.668. The molecule has 0 fully saturated rings. The number of allylic oxidation sites excluding steroid dienone is 2. The van der Waals surface area contributed by atoms with Crippen LogP contribution in [0.25, 0.3) is 23.4 Å². The van der Waals surface area contributed by atoms with Gasteiger partial charge >= 0.3 is 0 Å². The van der Waals surface area contributed by atoms with Crippen LogP contribution in [0.1, 0.15) is 31.4 Å². The molecule has 0 spiro atoms. The molecule has 1 aromatic carbocycles.